The average molecular weight is 294 g/mol. The van der Waals surface area contributed by atoms with Crippen molar-refractivity contribution in [1.29, 1.82) is 0 Å². The van der Waals surface area contributed by atoms with Crippen LogP contribution in [0.25, 0.3) is 0 Å². The van der Waals surface area contributed by atoms with Crippen LogP contribution in [0.5, 0.6) is 0 Å². The lowest BCUT2D eigenvalue weighted by atomic mass is 10.2. The molecule has 1 aliphatic carbocycles. The molecule has 1 saturated carbocycles. The second kappa shape index (κ2) is 4.79. The van der Waals surface area contributed by atoms with Crippen LogP contribution in [0, 0.1) is 0 Å². The van der Waals surface area contributed by atoms with Crippen LogP contribution in [0.3, 0.4) is 0 Å². The minimum Gasteiger partial charge on any atom is -0.393 e. The van der Waals surface area contributed by atoms with Crippen LogP contribution < -0.4 is 0 Å². The average Bonchev–Trinajstić information content (AvgIpc) is 2.76. The number of hydrogen-bond acceptors (Lipinski definition) is 3. The molecule has 7 heteroatoms. The minimum atomic E-state index is -4.57. The third-order valence-electron chi connectivity index (χ3n) is 3.29. The van der Waals surface area contributed by atoms with E-state index in [9.17, 15) is 26.7 Å². The van der Waals surface area contributed by atoms with Crippen LogP contribution >= 0.6 is 0 Å². The van der Waals surface area contributed by atoms with Crippen LogP contribution in [0.15, 0.2) is 29.2 Å². The Kier molecular flexibility index (Phi) is 3.61. The van der Waals surface area contributed by atoms with Crippen LogP contribution in [0.4, 0.5) is 13.2 Å². The molecule has 0 aliphatic heterocycles. The molecule has 106 valence electrons. The third-order valence-corrected chi connectivity index (χ3v) is 5.50. The molecule has 1 aromatic rings. The highest BCUT2D eigenvalue weighted by atomic mass is 32.2. The first-order valence-corrected chi connectivity index (χ1v) is 7.35. The van der Waals surface area contributed by atoms with Crippen molar-refractivity contribution < 1.29 is 26.7 Å². The molecular weight excluding hydrogens is 281 g/mol. The molecule has 19 heavy (non-hydrogen) atoms. The number of alkyl halides is 3. The maximum atomic E-state index is 12.6. The molecule has 2 rings (SSSR count). The Morgan fingerprint density at radius 1 is 1.21 bits per heavy atom. The van der Waals surface area contributed by atoms with E-state index in [1.165, 1.54) is 0 Å². The predicted molar refractivity (Wildman–Crippen MR) is 62.3 cm³/mol. The first-order valence-electron chi connectivity index (χ1n) is 5.80. The zero-order chi connectivity index (χ0) is 14.3. The highest BCUT2D eigenvalue weighted by Crippen LogP contribution is 2.34. The Hall–Kier alpha value is -1.08. The van der Waals surface area contributed by atoms with Crippen LogP contribution in [-0.4, -0.2) is 24.9 Å². The molecule has 1 aliphatic rings. The van der Waals surface area contributed by atoms with Crippen molar-refractivity contribution in [1.82, 2.24) is 0 Å². The predicted octanol–water partition coefficient (Wildman–Crippen LogP) is 2.39. The maximum absolute atomic E-state index is 12.6. The van der Waals surface area contributed by atoms with Gasteiger partial charge in [0.15, 0.2) is 9.84 Å². The number of aliphatic hydroxyl groups is 1. The van der Waals surface area contributed by atoms with Crippen LogP contribution in [0.2, 0.25) is 0 Å². The van der Waals surface area contributed by atoms with Crippen LogP contribution in [0.1, 0.15) is 24.8 Å². The minimum absolute atomic E-state index is 0.0819. The summed E-state index contributed by atoms with van der Waals surface area (Å²) in [7, 11) is -3.81. The SMILES string of the molecule is O=S(=O)(c1cccc(C(F)(F)F)c1)C1CCC(O)C1. The number of halogens is 3. The van der Waals surface area contributed by atoms with Crippen molar-refractivity contribution in [2.24, 2.45) is 0 Å². The number of benzene rings is 1. The van der Waals surface area contributed by atoms with Crippen molar-refractivity contribution in [3.8, 4) is 0 Å². The molecule has 0 heterocycles. The summed E-state index contributed by atoms with van der Waals surface area (Å²) < 4.78 is 62.0. The summed E-state index contributed by atoms with van der Waals surface area (Å²) in [5.41, 5.74) is -0.980. The first kappa shape index (κ1) is 14.3. The second-order valence-corrected chi connectivity index (χ2v) is 6.89. The standard InChI is InChI=1S/C12H13F3O3S/c13-12(14,15)8-2-1-3-10(6-8)19(17,18)11-5-4-9(16)7-11/h1-3,6,9,11,16H,4-5,7H2. The first-order chi connectivity index (χ1) is 8.71. The number of sulfone groups is 1. The number of rotatable bonds is 2. The summed E-state index contributed by atoms with van der Waals surface area (Å²) in [4.78, 5) is -0.332. The largest absolute Gasteiger partial charge is 0.416 e. The van der Waals surface area contributed by atoms with Crippen molar-refractivity contribution >= 4 is 9.84 Å². The van der Waals surface area contributed by atoms with Gasteiger partial charge in [0.25, 0.3) is 0 Å². The molecule has 0 aromatic heterocycles. The normalized spacial score (nSPS) is 24.6. The quantitative estimate of drug-likeness (QED) is 0.911. The summed E-state index contributed by atoms with van der Waals surface area (Å²) >= 11 is 0. The van der Waals surface area contributed by atoms with Crippen molar-refractivity contribution in [2.75, 3.05) is 0 Å². The molecule has 0 saturated heterocycles. The van der Waals surface area contributed by atoms with Gasteiger partial charge in [-0.2, -0.15) is 13.2 Å². The van der Waals surface area contributed by atoms with Gasteiger partial charge in [-0.15, -0.1) is 0 Å². The fourth-order valence-corrected chi connectivity index (χ4v) is 4.11. The molecule has 0 radical (unpaired) electrons. The summed E-state index contributed by atoms with van der Waals surface area (Å²) in [6, 6.07) is 3.74. The van der Waals surface area contributed by atoms with E-state index in [1.54, 1.807) is 0 Å². The highest BCUT2D eigenvalue weighted by molar-refractivity contribution is 7.92. The van der Waals surface area contributed by atoms with Crippen molar-refractivity contribution in [2.45, 2.75) is 41.7 Å². The van der Waals surface area contributed by atoms with Gasteiger partial charge in [0.05, 0.1) is 21.8 Å². The van der Waals surface area contributed by atoms with Crippen LogP contribution in [-0.2, 0) is 16.0 Å². The fourth-order valence-electron chi connectivity index (χ4n) is 2.24. The van der Waals surface area contributed by atoms with E-state index in [2.05, 4.69) is 0 Å². The molecular formula is C12H13F3O3S. The number of hydrogen-bond donors (Lipinski definition) is 1. The molecule has 3 nitrogen and oxygen atoms in total. The van der Waals surface area contributed by atoms with Gasteiger partial charge in [0, 0.05) is 0 Å². The zero-order valence-corrected chi connectivity index (χ0v) is 10.7. The molecule has 1 fully saturated rings. The zero-order valence-electron chi connectivity index (χ0n) is 9.89. The Morgan fingerprint density at radius 3 is 2.42 bits per heavy atom. The van der Waals surface area contributed by atoms with E-state index in [4.69, 9.17) is 0 Å². The van der Waals surface area contributed by atoms with Gasteiger partial charge in [-0.25, -0.2) is 8.42 Å². The third kappa shape index (κ3) is 2.92. The lowest BCUT2D eigenvalue weighted by Crippen LogP contribution is -2.20. The van der Waals surface area contributed by atoms with E-state index < -0.39 is 32.9 Å². The monoisotopic (exact) mass is 294 g/mol. The summed E-state index contributed by atoms with van der Waals surface area (Å²) in [6.45, 7) is 0. The molecule has 1 N–H and O–H groups in total. The van der Waals surface area contributed by atoms with Crippen molar-refractivity contribution in [3.05, 3.63) is 29.8 Å². The smallest absolute Gasteiger partial charge is 0.393 e. The Labute approximate surface area is 109 Å². The Balaban J connectivity index is 2.36. The van der Waals surface area contributed by atoms with Crippen molar-refractivity contribution in [3.63, 3.8) is 0 Å². The molecule has 1 aromatic carbocycles. The van der Waals surface area contributed by atoms with E-state index in [0.717, 1.165) is 18.2 Å². The van der Waals surface area contributed by atoms with Gasteiger partial charge in [0.2, 0.25) is 0 Å². The number of aliphatic hydroxyl groups excluding tert-OH is 1. The lowest BCUT2D eigenvalue weighted by Gasteiger charge is -2.13. The van der Waals surface area contributed by atoms with Gasteiger partial charge in [-0.05, 0) is 37.5 Å². The summed E-state index contributed by atoms with van der Waals surface area (Å²) in [6.07, 6.45) is -4.53. The fraction of sp³-hybridized carbons (Fsp3) is 0.500. The maximum Gasteiger partial charge on any atom is 0.416 e. The molecule has 0 bridgehead atoms. The molecule has 2 atom stereocenters. The van der Waals surface area contributed by atoms with Gasteiger partial charge in [0.1, 0.15) is 0 Å². The summed E-state index contributed by atoms with van der Waals surface area (Å²) in [5.74, 6) is 0. The summed E-state index contributed by atoms with van der Waals surface area (Å²) in [5, 5.41) is 8.55. The molecule has 0 amide bonds. The van der Waals surface area contributed by atoms with E-state index in [0.29, 0.717) is 12.5 Å². The topological polar surface area (TPSA) is 54.4 Å². The Morgan fingerprint density at radius 2 is 1.89 bits per heavy atom. The second-order valence-electron chi connectivity index (χ2n) is 4.66. The van der Waals surface area contributed by atoms with Gasteiger partial charge in [-0.1, -0.05) is 6.07 Å². The van der Waals surface area contributed by atoms with E-state index in [-0.39, 0.29) is 17.7 Å². The molecule has 2 unspecified atom stereocenters. The van der Waals surface area contributed by atoms with Gasteiger partial charge >= 0.3 is 6.18 Å². The highest BCUT2D eigenvalue weighted by Gasteiger charge is 2.36. The van der Waals surface area contributed by atoms with E-state index in [1.807, 2.05) is 0 Å². The molecule has 0 spiro atoms. The van der Waals surface area contributed by atoms with E-state index >= 15 is 0 Å². The lowest BCUT2D eigenvalue weighted by molar-refractivity contribution is -0.137. The Bertz CT molecular complexity index is 566. The van der Waals surface area contributed by atoms with Gasteiger partial charge < -0.3 is 5.11 Å². The van der Waals surface area contributed by atoms with Gasteiger partial charge in [-0.3, -0.25) is 0 Å².